The summed E-state index contributed by atoms with van der Waals surface area (Å²) in [7, 11) is 5.92. The number of esters is 4. The van der Waals surface area contributed by atoms with Crippen LogP contribution < -0.4 is 18.9 Å². The highest BCUT2D eigenvalue weighted by atomic mass is 127. The van der Waals surface area contributed by atoms with Gasteiger partial charge in [-0.05, 0) is 212 Å². The molecule has 0 amide bonds. The first-order valence-corrected chi connectivity index (χ1v) is 41.3. The van der Waals surface area contributed by atoms with Crippen LogP contribution in [0.2, 0.25) is 0 Å². The average Bonchev–Trinajstić information content (AvgIpc) is 0.805. The number of phenols is 3. The van der Waals surface area contributed by atoms with E-state index in [0.29, 0.717) is 56.1 Å². The van der Waals surface area contributed by atoms with E-state index in [4.69, 9.17) is 60.6 Å². The maximum absolute atomic E-state index is 11.5. The normalized spacial score (nSPS) is 11.5. The quantitative estimate of drug-likeness (QED) is 0.0186. The van der Waals surface area contributed by atoms with Gasteiger partial charge >= 0.3 is 35.8 Å². The summed E-state index contributed by atoms with van der Waals surface area (Å²) >= 11 is 32.6. The molecule has 0 saturated carbocycles. The van der Waals surface area contributed by atoms with E-state index in [1.165, 1.54) is 33.5 Å². The summed E-state index contributed by atoms with van der Waals surface area (Å²) in [6.45, 7) is 26.5. The Morgan fingerprint density at radius 3 is 1.35 bits per heavy atom. The third kappa shape index (κ3) is 38.0. The van der Waals surface area contributed by atoms with Crippen molar-refractivity contribution >= 4 is 209 Å². The second-order valence-corrected chi connectivity index (χ2v) is 37.1. The fourth-order valence-electron chi connectivity index (χ4n) is 10.1. The van der Waals surface area contributed by atoms with Crippen LogP contribution in [0.4, 0.5) is 0 Å². The largest absolute Gasteiger partial charge is 0.508 e. The molecule has 7 aromatic rings. The summed E-state index contributed by atoms with van der Waals surface area (Å²) in [6, 6.07) is 37.9. The number of methoxy groups -OCH3 is 4. The molecule has 111 heavy (non-hydrogen) atoms. The van der Waals surface area contributed by atoms with E-state index in [9.17, 15) is 43.8 Å². The number of carboxylic acids is 2. The Labute approximate surface area is 741 Å². The number of benzene rings is 7. The van der Waals surface area contributed by atoms with E-state index >= 15 is 0 Å². The lowest BCUT2D eigenvalue weighted by atomic mass is 9.80. The molecule has 0 aromatic heterocycles. The maximum Gasteiger partial charge on any atom is 0.336 e. The molecule has 19 nitrogen and oxygen atoms in total. The van der Waals surface area contributed by atoms with Gasteiger partial charge in [-0.3, -0.25) is 28.8 Å². The first-order valence-electron chi connectivity index (χ1n) is 33.2. The number of hydrogen-bond acceptors (Lipinski definition) is 17. The van der Waals surface area contributed by atoms with Crippen LogP contribution in [-0.2, 0) is 70.1 Å². The third-order valence-corrected chi connectivity index (χ3v) is 20.6. The molecule has 1 aliphatic rings. The summed E-state index contributed by atoms with van der Waals surface area (Å²) in [5.74, 6) is 0.378. The topological polar surface area (TPSA) is 300 Å². The summed E-state index contributed by atoms with van der Waals surface area (Å²) in [5, 5.41) is 54.7. The number of hydrogen-bond donors (Lipinski definition) is 5. The van der Waals surface area contributed by atoms with Gasteiger partial charge in [0.05, 0.1) is 73.2 Å². The number of aliphatic carboxylic acids is 2. The average molecular weight is 2230 g/mol. The van der Waals surface area contributed by atoms with Crippen molar-refractivity contribution in [3.63, 3.8) is 0 Å². The van der Waals surface area contributed by atoms with Crippen LogP contribution in [0, 0.1) is 18.5 Å². The molecule has 0 atom stereocenters. The second kappa shape index (κ2) is 48.5. The molecule has 0 spiro atoms. The van der Waals surface area contributed by atoms with E-state index in [-0.39, 0.29) is 65.5 Å². The first kappa shape index (κ1) is 103. The molecule has 5 N–H and O–H groups in total. The zero-order valence-electron chi connectivity index (χ0n) is 64.5. The summed E-state index contributed by atoms with van der Waals surface area (Å²) < 4.78 is 38.5. The molecule has 29 heteroatoms. The van der Waals surface area contributed by atoms with Gasteiger partial charge in [-0.25, -0.2) is 4.79 Å². The van der Waals surface area contributed by atoms with E-state index in [2.05, 4.69) is 154 Å². The van der Waals surface area contributed by atoms with Crippen LogP contribution in [0.1, 0.15) is 162 Å². The number of rotatable bonds is 17. The Bertz CT molecular complexity index is 4450. The van der Waals surface area contributed by atoms with Gasteiger partial charge in [0, 0.05) is 92.3 Å². The molecule has 1 aliphatic heterocycles. The highest BCUT2D eigenvalue weighted by Crippen LogP contribution is 2.44. The first-order chi connectivity index (χ1) is 51.2. The number of aromatic hydroxyl groups is 3. The number of ether oxygens (including phenoxy) is 6. The van der Waals surface area contributed by atoms with Crippen molar-refractivity contribution in [2.24, 2.45) is 0 Å². The van der Waals surface area contributed by atoms with Gasteiger partial charge in [-0.1, -0.05) is 192 Å². The Morgan fingerprint density at radius 1 is 0.532 bits per heavy atom. The van der Waals surface area contributed by atoms with Gasteiger partial charge < -0.3 is 54.0 Å². The summed E-state index contributed by atoms with van der Waals surface area (Å²) in [5.41, 5.74) is 4.31. The third-order valence-electron chi connectivity index (χ3n) is 15.5. The van der Waals surface area contributed by atoms with E-state index in [0.717, 1.165) is 68.5 Å². The van der Waals surface area contributed by atoms with Crippen LogP contribution in [0.25, 0.3) is 0 Å². The minimum absolute atomic E-state index is 0.0169. The molecule has 602 valence electrons. The zero-order chi connectivity index (χ0) is 85.4. The zero-order valence-corrected chi connectivity index (χ0v) is 80.7. The fourth-order valence-corrected chi connectivity index (χ4v) is 15.3. The lowest BCUT2D eigenvalue weighted by molar-refractivity contribution is -0.142. The lowest BCUT2D eigenvalue weighted by Crippen LogP contribution is -2.30. The van der Waals surface area contributed by atoms with E-state index in [1.807, 2.05) is 127 Å². The number of carbonyl (C=O) groups excluding carboxylic acids is 5. The van der Waals surface area contributed by atoms with Gasteiger partial charge in [0.2, 0.25) is 5.24 Å². The van der Waals surface area contributed by atoms with Crippen LogP contribution in [0.3, 0.4) is 0 Å². The van der Waals surface area contributed by atoms with Crippen molar-refractivity contribution in [1.82, 2.24) is 0 Å². The molecule has 0 radical (unpaired) electrons. The Kier molecular flexibility index (Phi) is 45.0. The van der Waals surface area contributed by atoms with E-state index in [1.54, 1.807) is 108 Å². The van der Waals surface area contributed by atoms with Crippen LogP contribution >= 0.6 is 168 Å². The Balaban J connectivity index is 0.000000643. The van der Waals surface area contributed by atoms with Crippen molar-refractivity contribution in [3.05, 3.63) is 216 Å². The van der Waals surface area contributed by atoms with Crippen molar-refractivity contribution in [3.8, 4) is 46.3 Å². The number of nitrogens with zero attached hydrogens (tertiary/aromatic N) is 1. The minimum Gasteiger partial charge on any atom is -0.508 e. The molecule has 0 unspecified atom stereocenters. The van der Waals surface area contributed by atoms with Crippen LogP contribution in [0.15, 0.2) is 176 Å². The Hall–Kier alpha value is -5.89. The molecule has 0 saturated heterocycles. The van der Waals surface area contributed by atoms with Gasteiger partial charge in [0.25, 0.3) is 0 Å². The number of phenolic OH excluding ortho intramolecular Hbond substituents is 3. The Morgan fingerprint density at radius 2 is 0.928 bits per heavy atom. The molecule has 0 aliphatic carbocycles. The van der Waals surface area contributed by atoms with E-state index < -0.39 is 33.4 Å². The molecule has 8 rings (SSSR count). The highest BCUT2D eigenvalue weighted by molar-refractivity contribution is 14.1. The molecule has 7 aromatic carbocycles. The van der Waals surface area contributed by atoms with Gasteiger partial charge in [-0.15, -0.1) is 0 Å². The predicted octanol–water partition coefficient (Wildman–Crippen LogP) is 23.7. The maximum atomic E-state index is 11.5. The van der Waals surface area contributed by atoms with Crippen molar-refractivity contribution in [1.29, 1.82) is 5.26 Å². The molecule has 1 heterocycles. The fraction of sp³-hybridized carbons (Fsp3) is 0.341. The SMILES string of the molecule is CC(C)(CC(=O)O)c1cc(Br)cc(I)c1O.CC(C)(CC(=O)O)c1cc(Br)ccc1O.CC(C)=CC(=O)Cl.CC(C)=CC(=O)Oc1ccc(Br)cc1.CC1(C)CC(=O)Oc2ccc(Br)cc21.COC(=O)CC(C)(C)c1cc(Br)cc(C#N)c1OC.COC(=O)CC(C)(C)c1cc(Br)cc(I)c1OC.Oc1ccc(Br)cc1. The van der Waals surface area contributed by atoms with Gasteiger partial charge in [0.15, 0.2) is 0 Å². The van der Waals surface area contributed by atoms with Crippen molar-refractivity contribution in [2.45, 2.75) is 156 Å². The monoisotopic (exact) mass is 2220 g/mol. The second-order valence-electron chi connectivity index (χ2n) is 28.0. The summed E-state index contributed by atoms with van der Waals surface area (Å²) in [6.07, 6.45) is 3.76. The molecule has 0 bridgehead atoms. The number of fused-ring (bicyclic) bond motifs is 1. The standard InChI is InChI=1S/C14H16BrNO3.C13H16BrIO3.C11H12BrIO3.C11H13BrO3.2C11H11BrO2.C6H5BrO.C5H7ClO/c1-14(2,7-12(17)18-3)11-6-10(15)5-9(8-16)13(11)19-4;1-13(2,7-11(16)17-3)9-5-8(14)6-10(15)12(9)18-4;1-11(2,5-9(14)15)7-3-6(12)4-8(13)10(7)16;1-11(2,6-10(14)15)8-5-7(12)3-4-9(8)13;1-11(2)6-10(13)14-9-4-3-7(12)5-8(9)11;1-8(2)7-11(13)14-10-5-3-9(12)4-6-10;7-5-1-3-6(8)4-2-5;1-4(2)3-5(6)7/h5-6H,7H2,1-4H3;5-6H,7H2,1-4H3;3-4,16H,5H2,1-2H3,(H,14,15);3-5,13H,6H2,1-2H3,(H,14,15);3-5H,6H2,1-2H3;3-7H,1-2H3;1-4,8H;3H,1-2H3. The molecular formula is C82H91Br7ClI2NO18. The number of carbonyl (C=O) groups is 7. The molecule has 0 fully saturated rings. The van der Waals surface area contributed by atoms with Crippen molar-refractivity contribution < 1.29 is 87.5 Å². The summed E-state index contributed by atoms with van der Waals surface area (Å²) in [4.78, 5) is 76.9. The van der Waals surface area contributed by atoms with Crippen molar-refractivity contribution in [2.75, 3.05) is 28.4 Å². The van der Waals surface area contributed by atoms with Crippen LogP contribution in [0.5, 0.6) is 40.2 Å². The van der Waals surface area contributed by atoms with Crippen LogP contribution in [-0.4, -0.2) is 95.0 Å². The van der Waals surface area contributed by atoms with Gasteiger partial charge in [0.1, 0.15) is 46.3 Å². The highest BCUT2D eigenvalue weighted by Gasteiger charge is 2.35. The minimum atomic E-state index is -0.876. The number of allylic oxidation sites excluding steroid dienone is 3. The number of nitriles is 1. The van der Waals surface area contributed by atoms with Gasteiger partial charge in [-0.2, -0.15) is 5.26 Å². The molecular weight excluding hydrogens is 2140 g/mol. The smallest absolute Gasteiger partial charge is 0.336 e. The predicted molar refractivity (Wildman–Crippen MR) is 476 cm³/mol. The number of halogens is 10. The number of carboxylic acid groups (broad SMARTS) is 2. The lowest BCUT2D eigenvalue weighted by Gasteiger charge is -2.30.